The third-order valence-corrected chi connectivity index (χ3v) is 5.37. The van der Waals surface area contributed by atoms with E-state index >= 15 is 0 Å². The summed E-state index contributed by atoms with van der Waals surface area (Å²) in [6.45, 7) is 2.50. The van der Waals surface area contributed by atoms with Crippen LogP contribution in [0.15, 0.2) is 0 Å². The Balaban J connectivity index is 0.000000280. The first-order chi connectivity index (χ1) is 6.85. The van der Waals surface area contributed by atoms with Gasteiger partial charge in [0.1, 0.15) is 4.32 Å². The van der Waals surface area contributed by atoms with E-state index in [9.17, 15) is 0 Å². The van der Waals surface area contributed by atoms with E-state index in [1.807, 2.05) is 19.0 Å². The van der Waals surface area contributed by atoms with Crippen molar-refractivity contribution in [3.05, 3.63) is 0 Å². The van der Waals surface area contributed by atoms with Gasteiger partial charge in [-0.3, -0.25) is 0 Å². The molecule has 1 aliphatic heterocycles. The van der Waals surface area contributed by atoms with E-state index in [4.69, 9.17) is 12.2 Å². The number of nitrogens with zero attached hydrogens (tertiary/aromatic N) is 1. The van der Waals surface area contributed by atoms with Gasteiger partial charge in [0.05, 0.1) is 0 Å². The zero-order valence-corrected chi connectivity index (χ0v) is 12.4. The zero-order chi connectivity index (χ0) is 11.9. The molecule has 0 saturated carbocycles. The number of hydrogen-bond acceptors (Lipinski definition) is 2. The summed E-state index contributed by atoms with van der Waals surface area (Å²) in [5.74, 6) is 0. The molecular formula is C11H26N2S2. The van der Waals surface area contributed by atoms with Gasteiger partial charge in [0.2, 0.25) is 0 Å². The summed E-state index contributed by atoms with van der Waals surface area (Å²) in [6.07, 6.45) is 10.8. The second-order valence-electron chi connectivity index (χ2n) is 4.81. The average molecular weight is 250 g/mol. The molecule has 0 aromatic heterocycles. The molecule has 0 aromatic rings. The van der Waals surface area contributed by atoms with Gasteiger partial charge in [-0.05, 0) is 44.7 Å². The van der Waals surface area contributed by atoms with Gasteiger partial charge in [0.15, 0.2) is 0 Å². The van der Waals surface area contributed by atoms with Crippen LogP contribution in [0, 0.1) is 0 Å². The van der Waals surface area contributed by atoms with Crippen LogP contribution in [-0.4, -0.2) is 55.2 Å². The first-order valence-electron chi connectivity index (χ1n) is 5.46. The maximum absolute atomic E-state index is 5.18. The van der Waals surface area contributed by atoms with Crippen LogP contribution in [0.3, 0.4) is 0 Å². The highest BCUT2D eigenvalue weighted by Gasteiger charge is 2.11. The van der Waals surface area contributed by atoms with Gasteiger partial charge < -0.3 is 10.2 Å². The van der Waals surface area contributed by atoms with Crippen LogP contribution in [0.4, 0.5) is 0 Å². The summed E-state index contributed by atoms with van der Waals surface area (Å²) in [7, 11) is 3.36. The SMILES string of the molecule is C1CCNCC1.CN(C)C(=S)S(C)(C)C. The molecule has 0 unspecified atom stereocenters. The van der Waals surface area contributed by atoms with Crippen molar-refractivity contribution >= 4 is 26.6 Å². The molecule has 0 atom stereocenters. The molecule has 15 heavy (non-hydrogen) atoms. The topological polar surface area (TPSA) is 15.3 Å². The van der Waals surface area contributed by atoms with E-state index in [0.717, 1.165) is 4.32 Å². The highest BCUT2D eigenvalue weighted by Crippen LogP contribution is 2.37. The Hall–Kier alpha value is 0.200. The highest BCUT2D eigenvalue weighted by atomic mass is 32.3. The predicted octanol–water partition coefficient (Wildman–Crippen LogP) is 2.29. The van der Waals surface area contributed by atoms with Crippen molar-refractivity contribution in [3.8, 4) is 0 Å². The largest absolute Gasteiger partial charge is 0.365 e. The van der Waals surface area contributed by atoms with Gasteiger partial charge in [-0.15, -0.1) is 0 Å². The fraction of sp³-hybridized carbons (Fsp3) is 0.909. The summed E-state index contributed by atoms with van der Waals surface area (Å²) < 4.78 is 1.09. The maximum Gasteiger partial charge on any atom is 0.117 e. The van der Waals surface area contributed by atoms with Gasteiger partial charge in [-0.25, -0.2) is 0 Å². The molecule has 1 N–H and O–H groups in total. The first-order valence-corrected chi connectivity index (χ1v) is 8.72. The number of thiocarbonyl (C=S) groups is 1. The average Bonchev–Trinajstić information content (AvgIpc) is 2.19. The Labute approximate surface area is 102 Å². The number of nitrogens with one attached hydrogen (secondary N) is 1. The van der Waals surface area contributed by atoms with E-state index in [1.165, 1.54) is 32.4 Å². The van der Waals surface area contributed by atoms with Crippen LogP contribution in [0.5, 0.6) is 0 Å². The second-order valence-corrected chi connectivity index (χ2v) is 9.51. The molecular weight excluding hydrogens is 224 g/mol. The summed E-state index contributed by atoms with van der Waals surface area (Å²) in [4.78, 5) is 2.02. The van der Waals surface area contributed by atoms with Crippen LogP contribution < -0.4 is 5.32 Å². The van der Waals surface area contributed by atoms with Crippen molar-refractivity contribution in [1.29, 1.82) is 0 Å². The van der Waals surface area contributed by atoms with Crippen molar-refractivity contribution in [2.75, 3.05) is 46.0 Å². The molecule has 0 aliphatic carbocycles. The van der Waals surface area contributed by atoms with Crippen LogP contribution >= 0.6 is 22.2 Å². The smallest absolute Gasteiger partial charge is 0.117 e. The summed E-state index contributed by atoms with van der Waals surface area (Å²) in [5, 5.41) is 3.28. The number of hydrogen-bond donors (Lipinski definition) is 1. The lowest BCUT2D eigenvalue weighted by molar-refractivity contribution is 0.520. The van der Waals surface area contributed by atoms with Gasteiger partial charge in [-0.1, -0.05) is 18.6 Å². The molecule has 1 rings (SSSR count). The minimum absolute atomic E-state index is 0.645. The fourth-order valence-corrected chi connectivity index (χ4v) is 2.44. The Morgan fingerprint density at radius 2 is 1.53 bits per heavy atom. The normalized spacial score (nSPS) is 17.4. The van der Waals surface area contributed by atoms with Crippen molar-refractivity contribution in [2.45, 2.75) is 19.3 Å². The van der Waals surface area contributed by atoms with Crippen LogP contribution in [0.25, 0.3) is 0 Å². The minimum atomic E-state index is -0.645. The van der Waals surface area contributed by atoms with E-state index in [2.05, 4.69) is 24.1 Å². The molecule has 92 valence electrons. The zero-order valence-electron chi connectivity index (χ0n) is 10.8. The number of piperidine rings is 1. The summed E-state index contributed by atoms with van der Waals surface area (Å²) in [6, 6.07) is 0. The first kappa shape index (κ1) is 15.2. The molecule has 0 amide bonds. The summed E-state index contributed by atoms with van der Waals surface area (Å²) >= 11 is 5.18. The Kier molecular flexibility index (Phi) is 7.57. The van der Waals surface area contributed by atoms with Crippen molar-refractivity contribution in [2.24, 2.45) is 0 Å². The van der Waals surface area contributed by atoms with Gasteiger partial charge in [-0.2, -0.15) is 10.0 Å². The van der Waals surface area contributed by atoms with Gasteiger partial charge in [0, 0.05) is 14.1 Å². The molecule has 1 aliphatic rings. The second kappa shape index (κ2) is 7.47. The van der Waals surface area contributed by atoms with Gasteiger partial charge in [0.25, 0.3) is 0 Å². The van der Waals surface area contributed by atoms with E-state index in [-0.39, 0.29) is 0 Å². The lowest BCUT2D eigenvalue weighted by atomic mass is 10.2. The molecule has 0 radical (unpaired) electrons. The maximum atomic E-state index is 5.18. The fourth-order valence-electron chi connectivity index (χ4n) is 1.35. The molecule has 1 heterocycles. The number of rotatable bonds is 0. The monoisotopic (exact) mass is 250 g/mol. The molecule has 1 fully saturated rings. The lowest BCUT2D eigenvalue weighted by Crippen LogP contribution is -2.23. The molecule has 1 saturated heterocycles. The highest BCUT2D eigenvalue weighted by molar-refractivity contribution is 8.48. The van der Waals surface area contributed by atoms with Crippen molar-refractivity contribution in [3.63, 3.8) is 0 Å². The Bertz CT molecular complexity index is 170. The molecule has 0 spiro atoms. The molecule has 4 heteroatoms. The quantitative estimate of drug-likeness (QED) is 0.664. The van der Waals surface area contributed by atoms with Crippen LogP contribution in [0.2, 0.25) is 0 Å². The van der Waals surface area contributed by atoms with E-state index in [1.54, 1.807) is 0 Å². The van der Waals surface area contributed by atoms with Crippen LogP contribution in [-0.2, 0) is 0 Å². The Morgan fingerprint density at radius 1 is 1.07 bits per heavy atom. The molecule has 0 bridgehead atoms. The Morgan fingerprint density at radius 3 is 1.60 bits per heavy atom. The third kappa shape index (κ3) is 8.05. The summed E-state index contributed by atoms with van der Waals surface area (Å²) in [5.41, 5.74) is 0. The molecule has 2 nitrogen and oxygen atoms in total. The van der Waals surface area contributed by atoms with Crippen molar-refractivity contribution < 1.29 is 0 Å². The third-order valence-electron chi connectivity index (χ3n) is 2.10. The van der Waals surface area contributed by atoms with Gasteiger partial charge >= 0.3 is 0 Å². The molecule has 0 aromatic carbocycles. The predicted molar refractivity (Wildman–Crippen MR) is 78.4 cm³/mol. The minimum Gasteiger partial charge on any atom is -0.365 e. The lowest BCUT2D eigenvalue weighted by Gasteiger charge is -2.30. The van der Waals surface area contributed by atoms with Crippen LogP contribution in [0.1, 0.15) is 19.3 Å². The standard InChI is InChI=1S/C6H15NS2.C5H11N/c1-7(2)6(8)9(3,4)5;1-2-4-6-5-3-1/h1-5H3;6H,1-5H2. The van der Waals surface area contributed by atoms with E-state index < -0.39 is 10.0 Å². The van der Waals surface area contributed by atoms with Crippen molar-refractivity contribution in [1.82, 2.24) is 10.2 Å². The van der Waals surface area contributed by atoms with E-state index in [0.29, 0.717) is 0 Å².